The van der Waals surface area contributed by atoms with Crippen LogP contribution in [0.3, 0.4) is 0 Å². The summed E-state index contributed by atoms with van der Waals surface area (Å²) < 4.78 is 10.4. The fourth-order valence-electron chi connectivity index (χ4n) is 1.25. The summed E-state index contributed by atoms with van der Waals surface area (Å²) in [7, 11) is 1.47. The van der Waals surface area contributed by atoms with Gasteiger partial charge in [0.15, 0.2) is 6.10 Å². The van der Waals surface area contributed by atoms with Crippen LogP contribution in [0.1, 0.15) is 32.4 Å². The van der Waals surface area contributed by atoms with Crippen molar-refractivity contribution < 1.29 is 14.3 Å². The van der Waals surface area contributed by atoms with Gasteiger partial charge in [-0.25, -0.2) is 4.79 Å². The van der Waals surface area contributed by atoms with E-state index >= 15 is 0 Å². The highest BCUT2D eigenvalue weighted by molar-refractivity contribution is 5.76. The summed E-state index contributed by atoms with van der Waals surface area (Å²) in [6.07, 6.45) is 2.52. The second kappa shape index (κ2) is 5.07. The van der Waals surface area contributed by atoms with Gasteiger partial charge >= 0.3 is 5.97 Å². The molecule has 0 aliphatic rings. The molecule has 0 spiro atoms. The highest BCUT2D eigenvalue weighted by atomic mass is 16.6. The Morgan fingerprint density at radius 2 is 2.12 bits per heavy atom. The van der Waals surface area contributed by atoms with E-state index in [1.807, 2.05) is 20.8 Å². The second-order valence-corrected chi connectivity index (χ2v) is 4.44. The number of hydrogen-bond donors (Lipinski definition) is 0. The average molecular weight is 223 g/mol. The number of rotatable bonds is 3. The number of hydrogen-bond acceptors (Lipinski definition) is 4. The zero-order chi connectivity index (χ0) is 12.2. The van der Waals surface area contributed by atoms with E-state index in [0.717, 1.165) is 0 Å². The Hall–Kier alpha value is -1.42. The molecule has 1 aromatic heterocycles. The predicted molar refractivity (Wildman–Crippen MR) is 59.8 cm³/mol. The van der Waals surface area contributed by atoms with Crippen LogP contribution in [0.4, 0.5) is 0 Å². The number of carbonyl (C=O) groups is 1. The van der Waals surface area contributed by atoms with E-state index in [1.165, 1.54) is 7.11 Å². The number of aromatic nitrogens is 1. The largest absolute Gasteiger partial charge is 0.458 e. The number of esters is 1. The summed E-state index contributed by atoms with van der Waals surface area (Å²) in [4.78, 5) is 15.8. The van der Waals surface area contributed by atoms with E-state index in [9.17, 15) is 4.79 Å². The van der Waals surface area contributed by atoms with E-state index < -0.39 is 17.7 Å². The lowest BCUT2D eigenvalue weighted by Crippen LogP contribution is -2.28. The van der Waals surface area contributed by atoms with Crippen LogP contribution in [0.5, 0.6) is 0 Å². The van der Waals surface area contributed by atoms with Gasteiger partial charge in [0, 0.05) is 25.1 Å². The van der Waals surface area contributed by atoms with Crippen molar-refractivity contribution in [3.63, 3.8) is 0 Å². The van der Waals surface area contributed by atoms with Gasteiger partial charge in [-0.2, -0.15) is 0 Å². The molecule has 0 aliphatic heterocycles. The third kappa shape index (κ3) is 3.62. The minimum absolute atomic E-state index is 0.400. The standard InChI is InChI=1S/C12H17NO3/c1-12(2,3)16-11(14)10(15-4)9-6-5-7-13-8-9/h5-8,10H,1-4H3. The number of ether oxygens (including phenoxy) is 2. The maximum absolute atomic E-state index is 11.8. The van der Waals surface area contributed by atoms with Crippen molar-refractivity contribution in [3.8, 4) is 0 Å². The van der Waals surface area contributed by atoms with Crippen LogP contribution in [-0.2, 0) is 14.3 Å². The number of methoxy groups -OCH3 is 1. The lowest BCUT2D eigenvalue weighted by Gasteiger charge is -2.23. The Bertz CT molecular complexity index is 343. The molecule has 0 saturated heterocycles. The maximum atomic E-state index is 11.8. The van der Waals surface area contributed by atoms with Gasteiger partial charge in [-0.05, 0) is 26.8 Å². The van der Waals surface area contributed by atoms with Crippen molar-refractivity contribution in [3.05, 3.63) is 30.1 Å². The summed E-state index contributed by atoms with van der Waals surface area (Å²) in [5.74, 6) is -0.400. The molecule has 4 heteroatoms. The molecular formula is C12H17NO3. The summed E-state index contributed by atoms with van der Waals surface area (Å²) in [6.45, 7) is 5.46. The third-order valence-electron chi connectivity index (χ3n) is 1.84. The molecule has 0 radical (unpaired) electrons. The van der Waals surface area contributed by atoms with Crippen LogP contribution < -0.4 is 0 Å². The van der Waals surface area contributed by atoms with Crippen molar-refractivity contribution in [2.24, 2.45) is 0 Å². The molecule has 0 fully saturated rings. The Morgan fingerprint density at radius 1 is 1.44 bits per heavy atom. The molecule has 1 rings (SSSR count). The lowest BCUT2D eigenvalue weighted by atomic mass is 10.1. The first-order valence-corrected chi connectivity index (χ1v) is 5.09. The van der Waals surface area contributed by atoms with Gasteiger partial charge in [-0.1, -0.05) is 6.07 Å². The van der Waals surface area contributed by atoms with Crippen molar-refractivity contribution in [2.45, 2.75) is 32.5 Å². The molecule has 16 heavy (non-hydrogen) atoms. The molecule has 88 valence electrons. The lowest BCUT2D eigenvalue weighted by molar-refractivity contribution is -0.167. The normalized spacial score (nSPS) is 13.2. The molecule has 1 heterocycles. The van der Waals surface area contributed by atoms with Gasteiger partial charge < -0.3 is 9.47 Å². The molecule has 4 nitrogen and oxygen atoms in total. The second-order valence-electron chi connectivity index (χ2n) is 4.44. The summed E-state index contributed by atoms with van der Waals surface area (Å²) in [5, 5.41) is 0. The summed E-state index contributed by atoms with van der Waals surface area (Å²) >= 11 is 0. The number of pyridine rings is 1. The van der Waals surface area contributed by atoms with E-state index in [4.69, 9.17) is 9.47 Å². The molecule has 0 saturated carbocycles. The number of nitrogens with zero attached hydrogens (tertiary/aromatic N) is 1. The van der Waals surface area contributed by atoms with Crippen LogP contribution in [0, 0.1) is 0 Å². The maximum Gasteiger partial charge on any atom is 0.340 e. The van der Waals surface area contributed by atoms with Gasteiger partial charge in [0.25, 0.3) is 0 Å². The van der Waals surface area contributed by atoms with E-state index in [2.05, 4.69) is 4.98 Å². The van der Waals surface area contributed by atoms with Crippen LogP contribution in [0.25, 0.3) is 0 Å². The van der Waals surface area contributed by atoms with Gasteiger partial charge in [-0.3, -0.25) is 4.98 Å². The topological polar surface area (TPSA) is 48.4 Å². The minimum atomic E-state index is -0.715. The van der Waals surface area contributed by atoms with E-state index in [0.29, 0.717) is 5.56 Å². The Balaban J connectivity index is 2.80. The first-order chi connectivity index (χ1) is 7.44. The molecule has 1 atom stereocenters. The fourth-order valence-corrected chi connectivity index (χ4v) is 1.25. The molecule has 1 unspecified atom stereocenters. The SMILES string of the molecule is COC(C(=O)OC(C)(C)C)c1cccnc1. The zero-order valence-corrected chi connectivity index (χ0v) is 10.1. The van der Waals surface area contributed by atoms with Crippen molar-refractivity contribution in [1.29, 1.82) is 0 Å². The number of carbonyl (C=O) groups excluding carboxylic acids is 1. The van der Waals surface area contributed by atoms with E-state index in [-0.39, 0.29) is 0 Å². The third-order valence-corrected chi connectivity index (χ3v) is 1.84. The highest BCUT2D eigenvalue weighted by Crippen LogP contribution is 2.20. The van der Waals surface area contributed by atoms with Gasteiger partial charge in [-0.15, -0.1) is 0 Å². The van der Waals surface area contributed by atoms with Crippen molar-refractivity contribution in [2.75, 3.05) is 7.11 Å². The first-order valence-electron chi connectivity index (χ1n) is 5.09. The van der Waals surface area contributed by atoms with Crippen LogP contribution in [-0.4, -0.2) is 23.7 Å². The van der Waals surface area contributed by atoms with Gasteiger partial charge in [0.05, 0.1) is 0 Å². The monoisotopic (exact) mass is 223 g/mol. The van der Waals surface area contributed by atoms with Crippen molar-refractivity contribution in [1.82, 2.24) is 4.98 Å². The predicted octanol–water partition coefficient (Wildman–Crippen LogP) is 2.11. The summed E-state index contributed by atoms with van der Waals surface area (Å²) in [5.41, 5.74) is 0.176. The van der Waals surface area contributed by atoms with Gasteiger partial charge in [0.2, 0.25) is 0 Å². The molecule has 0 aliphatic carbocycles. The summed E-state index contributed by atoms with van der Waals surface area (Å²) in [6, 6.07) is 3.54. The fraction of sp³-hybridized carbons (Fsp3) is 0.500. The van der Waals surface area contributed by atoms with E-state index in [1.54, 1.807) is 24.5 Å². The Morgan fingerprint density at radius 3 is 2.56 bits per heavy atom. The molecule has 0 bridgehead atoms. The first kappa shape index (κ1) is 12.6. The Labute approximate surface area is 95.6 Å². The smallest absolute Gasteiger partial charge is 0.340 e. The van der Waals surface area contributed by atoms with Crippen LogP contribution in [0.2, 0.25) is 0 Å². The van der Waals surface area contributed by atoms with Crippen LogP contribution in [0.15, 0.2) is 24.5 Å². The molecule has 0 amide bonds. The van der Waals surface area contributed by atoms with Gasteiger partial charge in [0.1, 0.15) is 5.60 Å². The highest BCUT2D eigenvalue weighted by Gasteiger charge is 2.26. The molecular weight excluding hydrogens is 206 g/mol. The Kier molecular flexibility index (Phi) is 4.01. The quantitative estimate of drug-likeness (QED) is 0.736. The minimum Gasteiger partial charge on any atom is -0.458 e. The molecule has 1 aromatic rings. The van der Waals surface area contributed by atoms with Crippen molar-refractivity contribution >= 4 is 5.97 Å². The molecule has 0 N–H and O–H groups in total. The average Bonchev–Trinajstić information content (AvgIpc) is 2.17. The molecule has 0 aromatic carbocycles. The zero-order valence-electron chi connectivity index (χ0n) is 10.1. The van der Waals surface area contributed by atoms with Crippen LogP contribution >= 0.6 is 0 Å².